The number of fused-ring (bicyclic) bond motifs is 1. The third-order valence-electron chi connectivity index (χ3n) is 3.77. The van der Waals surface area contributed by atoms with Crippen molar-refractivity contribution in [3.8, 4) is 5.75 Å². The number of carbonyl (C=O) groups excluding carboxylic acids is 1. The van der Waals surface area contributed by atoms with Gasteiger partial charge in [0, 0.05) is 17.8 Å². The van der Waals surface area contributed by atoms with Crippen molar-refractivity contribution in [1.29, 1.82) is 0 Å². The highest BCUT2D eigenvalue weighted by Gasteiger charge is 2.34. The summed E-state index contributed by atoms with van der Waals surface area (Å²) in [5.74, 6) is 1.55. The predicted molar refractivity (Wildman–Crippen MR) is 81.3 cm³/mol. The van der Waals surface area contributed by atoms with Gasteiger partial charge in [-0.2, -0.15) is 5.10 Å². The molecule has 1 aliphatic carbocycles. The average molecular weight is 285 g/mol. The largest absolute Gasteiger partial charge is 0.497 e. The zero-order valence-corrected chi connectivity index (χ0v) is 12.5. The maximum atomic E-state index is 12.4. The minimum Gasteiger partial charge on any atom is -0.497 e. The molecule has 1 aliphatic rings. The Morgan fingerprint density at radius 1 is 1.24 bits per heavy atom. The summed E-state index contributed by atoms with van der Waals surface area (Å²) in [6, 6.07) is 7.53. The molecule has 1 aromatic carbocycles. The number of ether oxygens (including phenoxy) is 1. The third-order valence-corrected chi connectivity index (χ3v) is 3.77. The van der Waals surface area contributed by atoms with Crippen molar-refractivity contribution in [2.75, 3.05) is 12.4 Å². The number of nitrogens with zero attached hydrogens (tertiary/aromatic N) is 1. The van der Waals surface area contributed by atoms with Crippen LogP contribution in [0.2, 0.25) is 0 Å². The number of carbonyl (C=O) groups is 1. The number of ketones is 1. The molecule has 2 N–H and O–H groups in total. The number of aromatic nitrogens is 2. The maximum absolute atomic E-state index is 12.4. The zero-order chi connectivity index (χ0) is 15.0. The van der Waals surface area contributed by atoms with Crippen LogP contribution in [0.15, 0.2) is 24.3 Å². The highest BCUT2D eigenvalue weighted by molar-refractivity contribution is 6.03. The second-order valence-corrected chi connectivity index (χ2v) is 6.22. The topological polar surface area (TPSA) is 67.0 Å². The Hall–Kier alpha value is -2.30. The van der Waals surface area contributed by atoms with Crippen LogP contribution in [0, 0.1) is 5.41 Å². The number of aromatic amines is 1. The fourth-order valence-electron chi connectivity index (χ4n) is 2.77. The van der Waals surface area contributed by atoms with E-state index in [1.54, 1.807) is 7.11 Å². The molecule has 1 heterocycles. The Bertz CT molecular complexity index is 671. The van der Waals surface area contributed by atoms with E-state index in [0.29, 0.717) is 17.8 Å². The van der Waals surface area contributed by atoms with Gasteiger partial charge >= 0.3 is 0 Å². The van der Waals surface area contributed by atoms with Gasteiger partial charge in [-0.1, -0.05) is 13.8 Å². The van der Waals surface area contributed by atoms with Crippen molar-refractivity contribution < 1.29 is 9.53 Å². The van der Waals surface area contributed by atoms with E-state index in [1.807, 2.05) is 24.3 Å². The van der Waals surface area contributed by atoms with Gasteiger partial charge in [0.25, 0.3) is 0 Å². The lowest BCUT2D eigenvalue weighted by atomic mass is 9.76. The maximum Gasteiger partial charge on any atom is 0.169 e. The molecule has 21 heavy (non-hydrogen) atoms. The van der Waals surface area contributed by atoms with Crippen molar-refractivity contribution in [2.24, 2.45) is 5.41 Å². The summed E-state index contributed by atoms with van der Waals surface area (Å²) in [4.78, 5) is 12.4. The normalized spacial score (nSPS) is 16.4. The molecule has 5 nitrogen and oxygen atoms in total. The molecule has 0 aliphatic heterocycles. The Morgan fingerprint density at radius 2 is 1.95 bits per heavy atom. The summed E-state index contributed by atoms with van der Waals surface area (Å²) < 4.78 is 5.13. The summed E-state index contributed by atoms with van der Waals surface area (Å²) >= 11 is 0. The molecule has 0 spiro atoms. The lowest BCUT2D eigenvalue weighted by Gasteiger charge is -2.27. The van der Waals surface area contributed by atoms with Crippen molar-refractivity contribution in [3.63, 3.8) is 0 Å². The van der Waals surface area contributed by atoms with E-state index < -0.39 is 0 Å². The van der Waals surface area contributed by atoms with Crippen molar-refractivity contribution >= 4 is 17.3 Å². The number of nitrogens with one attached hydrogen (secondary N) is 2. The van der Waals surface area contributed by atoms with E-state index in [0.717, 1.165) is 23.6 Å². The molecule has 0 unspecified atom stereocenters. The van der Waals surface area contributed by atoms with E-state index >= 15 is 0 Å². The van der Waals surface area contributed by atoms with E-state index in [-0.39, 0.29) is 11.2 Å². The number of anilines is 2. The van der Waals surface area contributed by atoms with E-state index in [2.05, 4.69) is 29.4 Å². The minimum atomic E-state index is -0.00595. The van der Waals surface area contributed by atoms with Crippen LogP contribution < -0.4 is 10.1 Å². The van der Waals surface area contributed by atoms with Crippen LogP contribution >= 0.6 is 0 Å². The predicted octanol–water partition coefficient (Wildman–Crippen LogP) is 3.32. The first-order valence-corrected chi connectivity index (χ1v) is 7.00. The number of benzene rings is 1. The standard InChI is InChI=1S/C16H19N3O2/c1-16(2)8-12-14(13(20)9-16)15(19-18-12)17-10-4-6-11(21-3)7-5-10/h4-7H,8-9H2,1-3H3,(H2,17,18,19). The van der Waals surface area contributed by atoms with Gasteiger partial charge in [-0.25, -0.2) is 0 Å². The average Bonchev–Trinajstić information content (AvgIpc) is 2.81. The summed E-state index contributed by atoms with van der Waals surface area (Å²) in [6.07, 6.45) is 1.39. The molecule has 0 saturated carbocycles. The lowest BCUT2D eigenvalue weighted by Crippen LogP contribution is -2.26. The quantitative estimate of drug-likeness (QED) is 0.908. The van der Waals surface area contributed by atoms with Gasteiger partial charge in [0.05, 0.1) is 12.7 Å². The molecule has 3 rings (SSSR count). The van der Waals surface area contributed by atoms with Gasteiger partial charge in [-0.05, 0) is 36.1 Å². The lowest BCUT2D eigenvalue weighted by molar-refractivity contribution is 0.0912. The van der Waals surface area contributed by atoms with Crippen LogP contribution in [-0.2, 0) is 6.42 Å². The molecular formula is C16H19N3O2. The van der Waals surface area contributed by atoms with Gasteiger partial charge < -0.3 is 10.1 Å². The van der Waals surface area contributed by atoms with Crippen molar-refractivity contribution in [2.45, 2.75) is 26.7 Å². The molecule has 0 fully saturated rings. The van der Waals surface area contributed by atoms with Gasteiger partial charge in [-0.3, -0.25) is 9.89 Å². The van der Waals surface area contributed by atoms with Gasteiger partial charge in [0.1, 0.15) is 5.75 Å². The van der Waals surface area contributed by atoms with Crippen LogP contribution in [0.1, 0.15) is 36.3 Å². The van der Waals surface area contributed by atoms with E-state index in [9.17, 15) is 4.79 Å². The van der Waals surface area contributed by atoms with Gasteiger partial charge in [-0.15, -0.1) is 0 Å². The number of Topliss-reactive ketones (excluding diaryl/α,β-unsaturated/α-hetero) is 1. The van der Waals surface area contributed by atoms with Crippen molar-refractivity contribution in [1.82, 2.24) is 10.2 Å². The molecule has 1 aromatic heterocycles. The Kier molecular flexibility index (Phi) is 3.20. The fraction of sp³-hybridized carbons (Fsp3) is 0.375. The van der Waals surface area contributed by atoms with Gasteiger partial charge in [0.2, 0.25) is 0 Å². The molecule has 0 saturated heterocycles. The van der Waals surface area contributed by atoms with E-state index in [4.69, 9.17) is 4.74 Å². The zero-order valence-electron chi connectivity index (χ0n) is 12.5. The van der Waals surface area contributed by atoms with Crippen LogP contribution in [0.4, 0.5) is 11.5 Å². The summed E-state index contributed by atoms with van der Waals surface area (Å²) in [6.45, 7) is 4.20. The molecule has 0 radical (unpaired) electrons. The number of hydrogen-bond acceptors (Lipinski definition) is 4. The third kappa shape index (κ3) is 2.63. The van der Waals surface area contributed by atoms with Crippen LogP contribution in [0.25, 0.3) is 0 Å². The summed E-state index contributed by atoms with van der Waals surface area (Å²) in [7, 11) is 1.63. The fourth-order valence-corrected chi connectivity index (χ4v) is 2.77. The first-order chi connectivity index (χ1) is 9.98. The molecule has 5 heteroatoms. The molecule has 110 valence electrons. The second kappa shape index (κ2) is 4.91. The molecule has 0 bridgehead atoms. The van der Waals surface area contributed by atoms with E-state index in [1.165, 1.54) is 0 Å². The van der Waals surface area contributed by atoms with Crippen LogP contribution in [0.3, 0.4) is 0 Å². The first kappa shape index (κ1) is 13.7. The number of hydrogen-bond donors (Lipinski definition) is 2. The molecule has 2 aromatic rings. The highest BCUT2D eigenvalue weighted by Crippen LogP contribution is 2.37. The SMILES string of the molecule is COc1ccc(Nc2n[nH]c3c2C(=O)CC(C)(C)C3)cc1. The first-order valence-electron chi connectivity index (χ1n) is 7.00. The van der Waals surface area contributed by atoms with Crippen LogP contribution in [0.5, 0.6) is 5.75 Å². The molecular weight excluding hydrogens is 266 g/mol. The van der Waals surface area contributed by atoms with Crippen molar-refractivity contribution in [3.05, 3.63) is 35.5 Å². The number of H-pyrrole nitrogens is 1. The molecule has 0 amide bonds. The highest BCUT2D eigenvalue weighted by atomic mass is 16.5. The Balaban J connectivity index is 1.87. The Labute approximate surface area is 123 Å². The Morgan fingerprint density at radius 3 is 2.62 bits per heavy atom. The summed E-state index contributed by atoms with van der Waals surface area (Å²) in [5.41, 5.74) is 2.49. The smallest absolute Gasteiger partial charge is 0.169 e. The minimum absolute atomic E-state index is 0.00595. The number of methoxy groups -OCH3 is 1. The monoisotopic (exact) mass is 285 g/mol. The molecule has 0 atom stereocenters. The van der Waals surface area contributed by atoms with Gasteiger partial charge in [0.15, 0.2) is 11.6 Å². The number of rotatable bonds is 3. The summed E-state index contributed by atoms with van der Waals surface area (Å²) in [5, 5.41) is 10.5. The second-order valence-electron chi connectivity index (χ2n) is 6.22. The van der Waals surface area contributed by atoms with Crippen LogP contribution in [-0.4, -0.2) is 23.1 Å².